The van der Waals surface area contributed by atoms with E-state index < -0.39 is 0 Å². The average Bonchev–Trinajstić information content (AvgIpc) is 3.17. The lowest BCUT2D eigenvalue weighted by Crippen LogP contribution is -2.15. The van der Waals surface area contributed by atoms with Crippen LogP contribution in [0, 0.1) is 0 Å². The van der Waals surface area contributed by atoms with Crippen molar-refractivity contribution in [1.82, 2.24) is 15.2 Å². The first-order valence-electron chi connectivity index (χ1n) is 8.16. The zero-order valence-corrected chi connectivity index (χ0v) is 14.5. The smallest absolute Gasteiger partial charge is 0.276 e. The predicted octanol–water partition coefficient (Wildman–Crippen LogP) is 3.11. The van der Waals surface area contributed by atoms with Gasteiger partial charge in [0.25, 0.3) is 5.91 Å². The normalized spacial score (nSPS) is 13.5. The number of aromatic amines is 1. The molecule has 7 nitrogen and oxygen atoms in total. The van der Waals surface area contributed by atoms with Crippen LogP contribution in [-0.4, -0.2) is 27.0 Å². The summed E-state index contributed by atoms with van der Waals surface area (Å²) < 4.78 is 0.943. The molecule has 0 unspecified atom stereocenters. The van der Waals surface area contributed by atoms with E-state index in [1.807, 2.05) is 12.1 Å². The summed E-state index contributed by atoms with van der Waals surface area (Å²) in [5.74, 6) is -0.369. The highest BCUT2D eigenvalue weighted by Gasteiger charge is 2.21. The van der Waals surface area contributed by atoms with Gasteiger partial charge in [0.2, 0.25) is 5.91 Å². The number of aromatic nitrogens is 3. The van der Waals surface area contributed by atoms with Crippen LogP contribution in [0.25, 0.3) is 10.2 Å². The first-order chi connectivity index (χ1) is 12.1. The lowest BCUT2D eigenvalue weighted by molar-refractivity contribution is -0.114. The van der Waals surface area contributed by atoms with E-state index in [4.69, 9.17) is 0 Å². The van der Waals surface area contributed by atoms with E-state index in [0.717, 1.165) is 47.2 Å². The maximum Gasteiger partial charge on any atom is 0.276 e. The molecule has 1 aliphatic rings. The summed E-state index contributed by atoms with van der Waals surface area (Å²) in [6.07, 6.45) is 4.06. The molecule has 2 heterocycles. The first-order valence-corrected chi connectivity index (χ1v) is 8.97. The van der Waals surface area contributed by atoms with E-state index in [0.29, 0.717) is 16.5 Å². The molecular weight excluding hydrogens is 338 g/mol. The summed E-state index contributed by atoms with van der Waals surface area (Å²) in [7, 11) is 0. The van der Waals surface area contributed by atoms with E-state index in [1.165, 1.54) is 18.3 Å². The zero-order valence-electron chi connectivity index (χ0n) is 13.7. The van der Waals surface area contributed by atoms with Crippen molar-refractivity contribution in [2.45, 2.75) is 32.6 Å². The summed E-state index contributed by atoms with van der Waals surface area (Å²) in [4.78, 5) is 28.1. The van der Waals surface area contributed by atoms with Gasteiger partial charge in [0.1, 0.15) is 0 Å². The van der Waals surface area contributed by atoms with Gasteiger partial charge in [0.05, 0.1) is 10.2 Å². The number of thiazole rings is 1. The van der Waals surface area contributed by atoms with Crippen molar-refractivity contribution in [3.05, 3.63) is 35.2 Å². The number of anilines is 2. The van der Waals surface area contributed by atoms with Crippen molar-refractivity contribution in [2.75, 3.05) is 10.6 Å². The van der Waals surface area contributed by atoms with Crippen LogP contribution in [-0.2, 0) is 17.6 Å². The number of H-pyrrole nitrogens is 1. The van der Waals surface area contributed by atoms with Crippen molar-refractivity contribution in [3.8, 4) is 0 Å². The molecule has 4 rings (SSSR count). The van der Waals surface area contributed by atoms with Gasteiger partial charge >= 0.3 is 0 Å². The number of hydrogen-bond donors (Lipinski definition) is 3. The number of carbonyl (C=O) groups excluding carboxylic acids is 2. The molecule has 25 heavy (non-hydrogen) atoms. The molecular formula is C17H17N5O2S. The van der Waals surface area contributed by atoms with Crippen LogP contribution in [0.5, 0.6) is 0 Å². The number of fused-ring (bicyclic) bond motifs is 2. The molecule has 8 heteroatoms. The molecule has 0 fully saturated rings. The molecule has 0 saturated carbocycles. The highest BCUT2D eigenvalue weighted by atomic mass is 32.1. The number of nitrogens with zero attached hydrogens (tertiary/aromatic N) is 2. The number of rotatable bonds is 3. The van der Waals surface area contributed by atoms with Crippen LogP contribution < -0.4 is 10.6 Å². The topological polar surface area (TPSA) is 99.8 Å². The Morgan fingerprint density at radius 1 is 1.20 bits per heavy atom. The minimum Gasteiger partial charge on any atom is -0.321 e. The second-order valence-electron chi connectivity index (χ2n) is 6.07. The molecule has 0 aliphatic heterocycles. The summed E-state index contributed by atoms with van der Waals surface area (Å²) >= 11 is 1.40. The van der Waals surface area contributed by atoms with E-state index in [1.54, 1.807) is 6.07 Å². The maximum atomic E-state index is 12.6. The average molecular weight is 355 g/mol. The maximum absolute atomic E-state index is 12.6. The minimum atomic E-state index is -0.212. The third-order valence-electron chi connectivity index (χ3n) is 4.20. The Balaban J connectivity index is 1.56. The van der Waals surface area contributed by atoms with Gasteiger partial charge in [-0.05, 0) is 43.9 Å². The molecule has 0 saturated heterocycles. The highest BCUT2D eigenvalue weighted by Crippen LogP contribution is 2.29. The molecule has 1 aliphatic carbocycles. The number of carbonyl (C=O) groups is 2. The fourth-order valence-electron chi connectivity index (χ4n) is 3.07. The third kappa shape index (κ3) is 3.12. The highest BCUT2D eigenvalue weighted by molar-refractivity contribution is 7.22. The Morgan fingerprint density at radius 3 is 2.88 bits per heavy atom. The Morgan fingerprint density at radius 2 is 2.04 bits per heavy atom. The third-order valence-corrected chi connectivity index (χ3v) is 5.15. The van der Waals surface area contributed by atoms with Gasteiger partial charge in [-0.1, -0.05) is 11.3 Å². The fraction of sp³-hybridized carbons (Fsp3) is 0.294. The van der Waals surface area contributed by atoms with Gasteiger partial charge in [-0.15, -0.1) is 0 Å². The lowest BCUT2D eigenvalue weighted by atomic mass is 9.96. The first kappa shape index (κ1) is 15.8. The van der Waals surface area contributed by atoms with Crippen LogP contribution in [0.1, 0.15) is 41.5 Å². The molecule has 3 N–H and O–H groups in total. The molecule has 0 bridgehead atoms. The number of benzene rings is 1. The van der Waals surface area contributed by atoms with E-state index in [9.17, 15) is 9.59 Å². The number of nitrogens with one attached hydrogen (secondary N) is 3. The molecule has 0 atom stereocenters. The van der Waals surface area contributed by atoms with Crippen molar-refractivity contribution in [2.24, 2.45) is 0 Å². The van der Waals surface area contributed by atoms with Crippen LogP contribution in [0.3, 0.4) is 0 Å². The summed E-state index contributed by atoms with van der Waals surface area (Å²) in [5.41, 5.74) is 3.98. The Bertz CT molecular complexity index is 975. The quantitative estimate of drug-likeness (QED) is 0.672. The van der Waals surface area contributed by atoms with Crippen molar-refractivity contribution in [1.29, 1.82) is 0 Å². The molecule has 0 radical (unpaired) electrons. The monoisotopic (exact) mass is 355 g/mol. The van der Waals surface area contributed by atoms with Crippen LogP contribution >= 0.6 is 11.3 Å². The molecule has 2 aromatic heterocycles. The second kappa shape index (κ2) is 6.29. The number of amides is 2. The van der Waals surface area contributed by atoms with Crippen LogP contribution in [0.15, 0.2) is 18.2 Å². The molecule has 128 valence electrons. The van der Waals surface area contributed by atoms with Gasteiger partial charge in [-0.3, -0.25) is 14.7 Å². The number of aryl methyl sites for hydroxylation is 1. The molecule has 0 spiro atoms. The van der Waals surface area contributed by atoms with Crippen LogP contribution in [0.2, 0.25) is 0 Å². The van der Waals surface area contributed by atoms with E-state index >= 15 is 0 Å². The van der Waals surface area contributed by atoms with Gasteiger partial charge in [0, 0.05) is 23.9 Å². The molecule has 2 amide bonds. The van der Waals surface area contributed by atoms with E-state index in [2.05, 4.69) is 25.8 Å². The SMILES string of the molecule is CC(=O)Nc1nc2cc(NC(=O)c3n[nH]c4c3CCCC4)ccc2s1. The second-order valence-corrected chi connectivity index (χ2v) is 7.10. The van der Waals surface area contributed by atoms with Crippen molar-refractivity contribution < 1.29 is 9.59 Å². The van der Waals surface area contributed by atoms with Gasteiger partial charge in [0.15, 0.2) is 10.8 Å². The Kier molecular flexibility index (Phi) is 3.96. The van der Waals surface area contributed by atoms with Gasteiger partial charge < -0.3 is 10.6 Å². The van der Waals surface area contributed by atoms with Gasteiger partial charge in [-0.25, -0.2) is 4.98 Å². The number of hydrogen-bond acceptors (Lipinski definition) is 5. The van der Waals surface area contributed by atoms with E-state index in [-0.39, 0.29) is 11.8 Å². The summed E-state index contributed by atoms with van der Waals surface area (Å²) in [6.45, 7) is 1.45. The molecule has 1 aromatic carbocycles. The minimum absolute atomic E-state index is 0.157. The van der Waals surface area contributed by atoms with Gasteiger partial charge in [-0.2, -0.15) is 5.10 Å². The summed E-state index contributed by atoms with van der Waals surface area (Å²) in [6, 6.07) is 5.51. The fourth-order valence-corrected chi connectivity index (χ4v) is 3.96. The molecule has 3 aromatic rings. The Hall–Kier alpha value is -2.74. The van der Waals surface area contributed by atoms with Crippen LogP contribution in [0.4, 0.5) is 10.8 Å². The van der Waals surface area contributed by atoms with Crippen molar-refractivity contribution in [3.63, 3.8) is 0 Å². The summed E-state index contributed by atoms with van der Waals surface area (Å²) in [5, 5.41) is 13.3. The largest absolute Gasteiger partial charge is 0.321 e. The predicted molar refractivity (Wildman–Crippen MR) is 97.1 cm³/mol. The zero-order chi connectivity index (χ0) is 17.4. The lowest BCUT2D eigenvalue weighted by Gasteiger charge is -2.11. The standard InChI is InChI=1S/C17H17N5O2S/c1-9(23)18-17-20-13-8-10(6-7-14(13)25-17)19-16(24)15-11-4-2-3-5-12(11)21-22-15/h6-8H,2-5H2,1H3,(H,19,24)(H,21,22)(H,18,20,23). The van der Waals surface area contributed by atoms with Crippen molar-refractivity contribution >= 4 is 44.2 Å². The Labute approximate surface area is 147 Å².